The molecule has 0 aliphatic rings. The number of hydrogen-bond donors (Lipinski definition) is 0. The quantitative estimate of drug-likeness (QED) is 0.317. The van der Waals surface area contributed by atoms with Crippen LogP contribution in [0.1, 0.15) is 27.8 Å². The second kappa shape index (κ2) is 9.23. The maximum atomic E-state index is 12.7. The molecule has 1 heterocycles. The summed E-state index contributed by atoms with van der Waals surface area (Å²) >= 11 is 1.21. The van der Waals surface area contributed by atoms with Crippen LogP contribution in [0.5, 0.6) is 0 Å². The van der Waals surface area contributed by atoms with Gasteiger partial charge in [0.1, 0.15) is 10.6 Å². The molecule has 3 aromatic rings. The SMILES string of the molecule is CCOC(=O)c1c(C(=O)OC)nn(-c2ccc([N+](=O)[O-])cc2)c1Sc1ccccc1. The maximum Gasteiger partial charge on any atom is 0.359 e. The van der Waals surface area contributed by atoms with Crippen LogP contribution in [0.15, 0.2) is 64.5 Å². The first-order valence-corrected chi connectivity index (χ1v) is 9.64. The van der Waals surface area contributed by atoms with Crippen LogP contribution < -0.4 is 0 Å². The van der Waals surface area contributed by atoms with E-state index in [0.717, 1.165) is 4.90 Å². The Kier molecular flexibility index (Phi) is 6.48. The Morgan fingerprint density at radius 1 is 1.10 bits per heavy atom. The molecule has 2 aromatic carbocycles. The third kappa shape index (κ3) is 4.33. The minimum Gasteiger partial charge on any atom is -0.464 e. The zero-order valence-corrected chi connectivity index (χ0v) is 16.9. The van der Waals surface area contributed by atoms with Crippen LogP contribution in [0.2, 0.25) is 0 Å². The first-order chi connectivity index (χ1) is 14.5. The highest BCUT2D eigenvalue weighted by Gasteiger charge is 2.31. The lowest BCUT2D eigenvalue weighted by Crippen LogP contribution is -2.12. The van der Waals surface area contributed by atoms with Gasteiger partial charge in [0.2, 0.25) is 0 Å². The minimum atomic E-state index is -0.798. The Hall–Kier alpha value is -3.66. The minimum absolute atomic E-state index is 0.0316. The van der Waals surface area contributed by atoms with E-state index in [1.807, 2.05) is 30.3 Å². The van der Waals surface area contributed by atoms with Crippen molar-refractivity contribution in [2.75, 3.05) is 13.7 Å². The first-order valence-electron chi connectivity index (χ1n) is 8.82. The van der Waals surface area contributed by atoms with E-state index in [-0.39, 0.29) is 23.6 Å². The van der Waals surface area contributed by atoms with Gasteiger partial charge in [0.05, 0.1) is 24.3 Å². The van der Waals surface area contributed by atoms with Crippen molar-refractivity contribution in [3.8, 4) is 5.69 Å². The summed E-state index contributed by atoms with van der Waals surface area (Å²) in [4.78, 5) is 36.3. The summed E-state index contributed by atoms with van der Waals surface area (Å²) in [6.07, 6.45) is 0. The van der Waals surface area contributed by atoms with Crippen LogP contribution >= 0.6 is 11.8 Å². The zero-order chi connectivity index (χ0) is 21.7. The van der Waals surface area contributed by atoms with Gasteiger partial charge >= 0.3 is 11.9 Å². The monoisotopic (exact) mass is 427 g/mol. The summed E-state index contributed by atoms with van der Waals surface area (Å²) in [6.45, 7) is 1.76. The molecular formula is C20H17N3O6S. The fourth-order valence-electron chi connectivity index (χ4n) is 2.61. The molecule has 0 atom stereocenters. The van der Waals surface area contributed by atoms with Crippen molar-refractivity contribution in [1.29, 1.82) is 0 Å². The molecule has 0 radical (unpaired) electrons. The molecule has 1 aromatic heterocycles. The predicted octanol–water partition coefficient (Wildman–Crippen LogP) is 3.90. The average molecular weight is 427 g/mol. The number of ether oxygens (including phenoxy) is 2. The fraction of sp³-hybridized carbons (Fsp3) is 0.150. The van der Waals surface area contributed by atoms with Gasteiger partial charge < -0.3 is 9.47 Å². The highest BCUT2D eigenvalue weighted by Crippen LogP contribution is 2.35. The largest absolute Gasteiger partial charge is 0.464 e. The zero-order valence-electron chi connectivity index (χ0n) is 16.1. The van der Waals surface area contributed by atoms with Crippen molar-refractivity contribution >= 4 is 29.4 Å². The molecule has 10 heteroatoms. The number of nitro benzene ring substituents is 1. The fourth-order valence-corrected chi connectivity index (χ4v) is 3.65. The number of nitrogens with zero attached hydrogens (tertiary/aromatic N) is 3. The third-order valence-corrected chi connectivity index (χ3v) is 5.04. The van der Waals surface area contributed by atoms with E-state index in [1.165, 1.54) is 47.8 Å². The average Bonchev–Trinajstić information content (AvgIpc) is 3.13. The summed E-state index contributed by atoms with van der Waals surface area (Å²) in [5.41, 5.74) is 0.102. The number of non-ortho nitro benzene ring substituents is 1. The van der Waals surface area contributed by atoms with Gasteiger partial charge in [-0.25, -0.2) is 14.3 Å². The van der Waals surface area contributed by atoms with Crippen molar-refractivity contribution in [1.82, 2.24) is 9.78 Å². The normalized spacial score (nSPS) is 10.5. The van der Waals surface area contributed by atoms with Gasteiger partial charge in [-0.3, -0.25) is 10.1 Å². The number of benzene rings is 2. The Morgan fingerprint density at radius 2 is 1.77 bits per heavy atom. The topological polar surface area (TPSA) is 114 Å². The molecule has 0 aliphatic heterocycles. The smallest absolute Gasteiger partial charge is 0.359 e. The van der Waals surface area contributed by atoms with Crippen molar-refractivity contribution < 1.29 is 24.0 Å². The van der Waals surface area contributed by atoms with E-state index < -0.39 is 16.9 Å². The van der Waals surface area contributed by atoms with Crippen LogP contribution in [0.3, 0.4) is 0 Å². The van der Waals surface area contributed by atoms with Crippen molar-refractivity contribution in [2.24, 2.45) is 0 Å². The molecule has 0 fully saturated rings. The second-order valence-corrected chi connectivity index (χ2v) is 6.90. The molecule has 154 valence electrons. The standard InChI is InChI=1S/C20H17N3O6S/c1-3-29-19(24)16-17(20(25)28-2)21-22(13-9-11-14(12-10-13)23(26)27)18(16)30-15-7-5-4-6-8-15/h4-12H,3H2,1-2H3. The molecule has 0 bridgehead atoms. The van der Waals surface area contributed by atoms with Gasteiger partial charge in [0.25, 0.3) is 5.69 Å². The van der Waals surface area contributed by atoms with Gasteiger partial charge in [-0.05, 0) is 31.2 Å². The van der Waals surface area contributed by atoms with Crippen molar-refractivity contribution in [3.63, 3.8) is 0 Å². The molecule has 30 heavy (non-hydrogen) atoms. The van der Waals surface area contributed by atoms with Gasteiger partial charge in [0, 0.05) is 17.0 Å². The Labute approximate surface area is 175 Å². The summed E-state index contributed by atoms with van der Waals surface area (Å²) in [5.74, 6) is -1.52. The van der Waals surface area contributed by atoms with E-state index in [9.17, 15) is 19.7 Å². The lowest BCUT2D eigenvalue weighted by molar-refractivity contribution is -0.384. The molecule has 0 unspecified atom stereocenters. The molecular weight excluding hydrogens is 410 g/mol. The Balaban J connectivity index is 2.22. The summed E-state index contributed by atoms with van der Waals surface area (Å²) in [6, 6.07) is 14.8. The number of esters is 2. The van der Waals surface area contributed by atoms with Gasteiger partial charge in [-0.2, -0.15) is 5.10 Å². The lowest BCUT2D eigenvalue weighted by atomic mass is 10.2. The summed E-state index contributed by atoms with van der Waals surface area (Å²) < 4.78 is 11.3. The highest BCUT2D eigenvalue weighted by atomic mass is 32.2. The highest BCUT2D eigenvalue weighted by molar-refractivity contribution is 7.99. The number of nitro groups is 1. The van der Waals surface area contributed by atoms with Gasteiger partial charge in [-0.1, -0.05) is 30.0 Å². The molecule has 0 N–H and O–H groups in total. The molecule has 0 aliphatic carbocycles. The number of methoxy groups -OCH3 is 1. The second-order valence-electron chi connectivity index (χ2n) is 5.84. The molecule has 0 amide bonds. The van der Waals surface area contributed by atoms with Crippen LogP contribution in [0.25, 0.3) is 5.69 Å². The van der Waals surface area contributed by atoms with E-state index in [0.29, 0.717) is 10.7 Å². The number of carbonyl (C=O) groups excluding carboxylic acids is 2. The van der Waals surface area contributed by atoms with Crippen molar-refractivity contribution in [3.05, 3.63) is 76.0 Å². The van der Waals surface area contributed by atoms with Gasteiger partial charge in [-0.15, -0.1) is 0 Å². The van der Waals surface area contributed by atoms with E-state index >= 15 is 0 Å². The molecule has 3 rings (SSSR count). The number of carbonyl (C=O) groups is 2. The first kappa shape index (κ1) is 21.1. The third-order valence-electron chi connectivity index (χ3n) is 3.96. The van der Waals surface area contributed by atoms with Crippen LogP contribution in [0, 0.1) is 10.1 Å². The van der Waals surface area contributed by atoms with Crippen LogP contribution in [-0.2, 0) is 9.47 Å². The van der Waals surface area contributed by atoms with Crippen LogP contribution in [0.4, 0.5) is 5.69 Å². The van der Waals surface area contributed by atoms with E-state index in [4.69, 9.17) is 9.47 Å². The number of hydrogen-bond acceptors (Lipinski definition) is 8. The molecule has 0 saturated heterocycles. The number of rotatable bonds is 7. The summed E-state index contributed by atoms with van der Waals surface area (Å²) in [5, 5.41) is 15.6. The number of aromatic nitrogens is 2. The van der Waals surface area contributed by atoms with Crippen molar-refractivity contribution in [2.45, 2.75) is 16.8 Å². The Morgan fingerprint density at radius 3 is 2.33 bits per heavy atom. The molecule has 0 spiro atoms. The van der Waals surface area contributed by atoms with E-state index in [1.54, 1.807) is 6.92 Å². The Bertz CT molecular complexity index is 1080. The maximum absolute atomic E-state index is 12.7. The lowest BCUT2D eigenvalue weighted by Gasteiger charge is -2.09. The molecule has 0 saturated carbocycles. The van der Waals surface area contributed by atoms with E-state index in [2.05, 4.69) is 5.10 Å². The molecule has 9 nitrogen and oxygen atoms in total. The van der Waals surface area contributed by atoms with Gasteiger partial charge in [0.15, 0.2) is 5.69 Å². The predicted molar refractivity (Wildman–Crippen MR) is 108 cm³/mol. The summed E-state index contributed by atoms with van der Waals surface area (Å²) in [7, 11) is 1.19. The van der Waals surface area contributed by atoms with Crippen LogP contribution in [-0.4, -0.2) is 40.4 Å².